The Morgan fingerprint density at radius 2 is 2.36 bits per heavy atom. The molecule has 2 rings (SSSR count). The van der Waals surface area contributed by atoms with Crippen molar-refractivity contribution in [2.45, 2.75) is 12.3 Å². The molecular weight excluding hydrogens is 210 g/mol. The molecular formula is C6H5N3O4S. The summed E-state index contributed by atoms with van der Waals surface area (Å²) in [5, 5.41) is 10.5. The van der Waals surface area contributed by atoms with Crippen molar-refractivity contribution >= 4 is 22.5 Å². The zero-order chi connectivity index (χ0) is 10.5. The SMILES string of the molecule is CC1=NC(=O)C2N1C([N+](=O)[O-])=CS2=O. The highest BCUT2D eigenvalue weighted by Gasteiger charge is 2.51. The molecule has 0 radical (unpaired) electrons. The zero-order valence-electron chi connectivity index (χ0n) is 7.04. The van der Waals surface area contributed by atoms with E-state index in [1.54, 1.807) is 0 Å². The molecule has 7 nitrogen and oxygen atoms in total. The van der Waals surface area contributed by atoms with Gasteiger partial charge in [0, 0.05) is 6.92 Å². The van der Waals surface area contributed by atoms with Crippen molar-refractivity contribution < 1.29 is 13.9 Å². The van der Waals surface area contributed by atoms with Crippen LogP contribution in [0.25, 0.3) is 0 Å². The Kier molecular flexibility index (Phi) is 1.74. The summed E-state index contributed by atoms with van der Waals surface area (Å²) in [6.07, 6.45) is 0. The van der Waals surface area contributed by atoms with Gasteiger partial charge in [0.25, 0.3) is 5.37 Å². The van der Waals surface area contributed by atoms with Gasteiger partial charge in [0.2, 0.25) is 0 Å². The number of hydrogen-bond acceptors (Lipinski definition) is 5. The van der Waals surface area contributed by atoms with Crippen LogP contribution in [-0.4, -0.2) is 31.1 Å². The summed E-state index contributed by atoms with van der Waals surface area (Å²) in [6, 6.07) is 0. The Balaban J connectivity index is 2.48. The average Bonchev–Trinajstić information content (AvgIpc) is 2.54. The van der Waals surface area contributed by atoms with Crippen molar-refractivity contribution in [1.82, 2.24) is 4.90 Å². The Labute approximate surface area is 80.7 Å². The number of amidine groups is 1. The third-order valence-corrected chi connectivity index (χ3v) is 3.24. The number of fused-ring (bicyclic) bond motifs is 1. The van der Waals surface area contributed by atoms with E-state index in [0.717, 1.165) is 10.3 Å². The van der Waals surface area contributed by atoms with Crippen molar-refractivity contribution in [3.63, 3.8) is 0 Å². The summed E-state index contributed by atoms with van der Waals surface area (Å²) >= 11 is 0. The Hall–Kier alpha value is -1.57. The number of carbonyl (C=O) groups excluding carboxylic acids is 1. The quantitative estimate of drug-likeness (QED) is 0.430. The van der Waals surface area contributed by atoms with E-state index >= 15 is 0 Å². The molecule has 74 valence electrons. The van der Waals surface area contributed by atoms with Crippen LogP contribution < -0.4 is 0 Å². The molecule has 2 aliphatic rings. The predicted molar refractivity (Wildman–Crippen MR) is 47.0 cm³/mol. The first-order valence-corrected chi connectivity index (χ1v) is 4.94. The number of rotatable bonds is 1. The van der Waals surface area contributed by atoms with Crippen LogP contribution in [0.15, 0.2) is 16.2 Å². The van der Waals surface area contributed by atoms with Crippen LogP contribution in [-0.2, 0) is 15.6 Å². The Morgan fingerprint density at radius 1 is 1.71 bits per heavy atom. The maximum atomic E-state index is 11.3. The van der Waals surface area contributed by atoms with E-state index in [0.29, 0.717) is 0 Å². The second-order valence-electron chi connectivity index (χ2n) is 2.78. The monoisotopic (exact) mass is 215 g/mol. The molecule has 2 atom stereocenters. The van der Waals surface area contributed by atoms with Gasteiger partial charge in [0.05, 0.1) is 0 Å². The molecule has 0 aromatic heterocycles. The van der Waals surface area contributed by atoms with Crippen molar-refractivity contribution in [2.75, 3.05) is 0 Å². The number of aliphatic imine (C=N–C) groups is 1. The molecule has 0 bridgehead atoms. The van der Waals surface area contributed by atoms with Crippen LogP contribution in [0.1, 0.15) is 6.92 Å². The summed E-state index contributed by atoms with van der Waals surface area (Å²) in [7, 11) is -1.67. The van der Waals surface area contributed by atoms with Gasteiger partial charge in [-0.25, -0.2) is 4.21 Å². The van der Waals surface area contributed by atoms with Crippen molar-refractivity contribution in [3.8, 4) is 0 Å². The van der Waals surface area contributed by atoms with Gasteiger partial charge >= 0.3 is 11.7 Å². The first-order valence-electron chi connectivity index (χ1n) is 3.66. The molecule has 14 heavy (non-hydrogen) atoms. The maximum absolute atomic E-state index is 11.3. The lowest BCUT2D eigenvalue weighted by atomic mass is 10.5. The average molecular weight is 215 g/mol. The summed E-state index contributed by atoms with van der Waals surface area (Å²) < 4.78 is 11.3. The van der Waals surface area contributed by atoms with Gasteiger partial charge in [0.1, 0.15) is 16.2 Å². The number of carbonyl (C=O) groups is 1. The third kappa shape index (κ3) is 1.00. The smallest absolute Gasteiger partial charge is 0.334 e. The highest BCUT2D eigenvalue weighted by Crippen LogP contribution is 2.28. The fourth-order valence-corrected chi connectivity index (χ4v) is 2.65. The molecule has 0 saturated carbocycles. The zero-order valence-corrected chi connectivity index (χ0v) is 7.85. The fraction of sp³-hybridized carbons (Fsp3) is 0.333. The second-order valence-corrected chi connectivity index (χ2v) is 4.12. The van der Waals surface area contributed by atoms with Gasteiger partial charge in [-0.15, -0.1) is 0 Å². The summed E-state index contributed by atoms with van der Waals surface area (Å²) in [5.74, 6) is -0.705. The van der Waals surface area contributed by atoms with Crippen molar-refractivity contribution in [2.24, 2.45) is 4.99 Å². The van der Waals surface area contributed by atoms with E-state index in [-0.39, 0.29) is 11.7 Å². The second kappa shape index (κ2) is 2.71. The molecule has 0 fully saturated rings. The van der Waals surface area contributed by atoms with Gasteiger partial charge in [0.15, 0.2) is 5.84 Å². The van der Waals surface area contributed by atoms with Gasteiger partial charge in [-0.1, -0.05) is 0 Å². The molecule has 0 aromatic carbocycles. The van der Waals surface area contributed by atoms with E-state index in [1.165, 1.54) is 6.92 Å². The van der Waals surface area contributed by atoms with Crippen LogP contribution in [0, 0.1) is 10.1 Å². The van der Waals surface area contributed by atoms with Gasteiger partial charge in [-0.05, 0) is 4.92 Å². The number of amides is 1. The molecule has 0 aromatic rings. The summed E-state index contributed by atoms with van der Waals surface area (Å²) in [4.78, 5) is 25.6. The molecule has 1 amide bonds. The summed E-state index contributed by atoms with van der Waals surface area (Å²) in [6.45, 7) is 1.47. The maximum Gasteiger partial charge on any atom is 0.334 e. The van der Waals surface area contributed by atoms with Gasteiger partial charge in [-0.2, -0.15) is 9.89 Å². The highest BCUT2D eigenvalue weighted by molar-refractivity contribution is 7.89. The number of hydrogen-bond donors (Lipinski definition) is 0. The van der Waals surface area contributed by atoms with E-state index < -0.39 is 27.0 Å². The highest BCUT2D eigenvalue weighted by atomic mass is 32.2. The fourth-order valence-electron chi connectivity index (χ4n) is 1.39. The Morgan fingerprint density at radius 3 is 2.93 bits per heavy atom. The molecule has 2 unspecified atom stereocenters. The first-order chi connectivity index (χ1) is 6.52. The van der Waals surface area contributed by atoms with Crippen LogP contribution in [0.5, 0.6) is 0 Å². The van der Waals surface area contributed by atoms with Gasteiger partial charge < -0.3 is 10.1 Å². The van der Waals surface area contributed by atoms with Crippen LogP contribution in [0.2, 0.25) is 0 Å². The van der Waals surface area contributed by atoms with E-state index in [1.807, 2.05) is 0 Å². The minimum absolute atomic E-state index is 0.216. The van der Waals surface area contributed by atoms with E-state index in [4.69, 9.17) is 0 Å². The van der Waals surface area contributed by atoms with Crippen LogP contribution >= 0.6 is 0 Å². The van der Waals surface area contributed by atoms with E-state index in [9.17, 15) is 19.1 Å². The van der Waals surface area contributed by atoms with Crippen molar-refractivity contribution in [1.29, 1.82) is 0 Å². The van der Waals surface area contributed by atoms with Gasteiger partial charge in [-0.3, -0.25) is 4.79 Å². The largest absolute Gasteiger partial charge is 0.358 e. The lowest BCUT2D eigenvalue weighted by Gasteiger charge is -2.09. The first kappa shape index (κ1) is 9.00. The lowest BCUT2D eigenvalue weighted by Crippen LogP contribution is -2.35. The molecule has 2 aliphatic heterocycles. The minimum atomic E-state index is -1.67. The van der Waals surface area contributed by atoms with Crippen molar-refractivity contribution in [3.05, 3.63) is 21.3 Å². The van der Waals surface area contributed by atoms with E-state index in [2.05, 4.69) is 4.99 Å². The predicted octanol–water partition coefficient (Wildman–Crippen LogP) is -0.589. The standard InChI is InChI=1S/C6H5N3O4S/c1-3-7-5(10)6-8(3)4(9(11)12)2-14(6)13/h2,6H,1H3. The van der Waals surface area contributed by atoms with Crippen LogP contribution in [0.3, 0.4) is 0 Å². The normalized spacial score (nSPS) is 30.1. The molecule has 0 aliphatic carbocycles. The Bertz CT molecular complexity index is 427. The molecule has 0 spiro atoms. The summed E-state index contributed by atoms with van der Waals surface area (Å²) in [5.41, 5.74) is 0. The minimum Gasteiger partial charge on any atom is -0.358 e. The molecule has 0 saturated heterocycles. The van der Waals surface area contributed by atoms with Crippen LogP contribution in [0.4, 0.5) is 0 Å². The number of nitrogens with zero attached hydrogens (tertiary/aromatic N) is 3. The number of nitro groups is 1. The molecule has 0 N–H and O–H groups in total. The molecule has 2 heterocycles. The topological polar surface area (TPSA) is 92.9 Å². The third-order valence-electron chi connectivity index (χ3n) is 1.94. The lowest BCUT2D eigenvalue weighted by molar-refractivity contribution is -0.440. The molecule has 8 heteroatoms.